The van der Waals surface area contributed by atoms with Crippen LogP contribution in [-0.2, 0) is 20.7 Å². The van der Waals surface area contributed by atoms with Crippen molar-refractivity contribution in [3.05, 3.63) is 48.0 Å². The molecule has 2 rings (SSSR count). The largest absolute Gasteiger partial charge is 0.480 e. The van der Waals surface area contributed by atoms with Gasteiger partial charge in [0.15, 0.2) is 0 Å². The molecule has 2 aromatic carbocycles. The molecule has 0 aliphatic heterocycles. The van der Waals surface area contributed by atoms with Crippen LogP contribution in [0.25, 0.3) is 10.8 Å². The van der Waals surface area contributed by atoms with Crippen LogP contribution in [0.2, 0.25) is 0 Å². The summed E-state index contributed by atoms with van der Waals surface area (Å²) >= 11 is 0. The van der Waals surface area contributed by atoms with Crippen LogP contribution in [0.1, 0.15) is 45.6 Å². The second-order valence-electron chi connectivity index (χ2n) is 7.74. The summed E-state index contributed by atoms with van der Waals surface area (Å²) in [6.07, 6.45) is 2.01. The zero-order chi connectivity index (χ0) is 19.9. The minimum Gasteiger partial charge on any atom is -0.480 e. The van der Waals surface area contributed by atoms with E-state index in [1.807, 2.05) is 32.9 Å². The van der Waals surface area contributed by atoms with E-state index in [0.717, 1.165) is 6.42 Å². The van der Waals surface area contributed by atoms with Crippen molar-refractivity contribution in [2.24, 2.45) is 0 Å². The van der Waals surface area contributed by atoms with Crippen LogP contribution in [0, 0.1) is 0 Å². The lowest BCUT2D eigenvalue weighted by Gasteiger charge is -2.21. The second-order valence-corrected chi connectivity index (χ2v) is 7.74. The van der Waals surface area contributed by atoms with Crippen LogP contribution in [0.4, 0.5) is 0 Å². The van der Waals surface area contributed by atoms with Crippen LogP contribution >= 0.6 is 0 Å². The van der Waals surface area contributed by atoms with Crippen molar-refractivity contribution in [3.63, 3.8) is 0 Å². The number of nitrogens with one attached hydrogen (secondary N) is 1. The molecule has 0 spiro atoms. The predicted molar refractivity (Wildman–Crippen MR) is 107 cm³/mol. The number of carboxylic acid groups (broad SMARTS) is 1. The van der Waals surface area contributed by atoms with E-state index >= 15 is 0 Å². The summed E-state index contributed by atoms with van der Waals surface area (Å²) in [5.41, 5.74) is 0.849. The quantitative estimate of drug-likeness (QED) is 0.700. The van der Waals surface area contributed by atoms with Crippen LogP contribution in [0.5, 0.6) is 0 Å². The number of hydrogen-bond acceptors (Lipinski definition) is 3. The minimum absolute atomic E-state index is 0.237. The number of fused-ring (bicyclic) bond motifs is 1. The first-order chi connectivity index (χ1) is 12.7. The fraction of sp³-hybridized carbons (Fsp3) is 0.455. The fourth-order valence-corrected chi connectivity index (χ4v) is 2.85. The van der Waals surface area contributed by atoms with Gasteiger partial charge in [-0.15, -0.1) is 0 Å². The number of aliphatic carboxylic acids is 1. The Morgan fingerprint density at radius 1 is 1.11 bits per heavy atom. The molecule has 0 fully saturated rings. The van der Waals surface area contributed by atoms with E-state index < -0.39 is 12.0 Å². The third-order valence-electron chi connectivity index (χ3n) is 4.26. The predicted octanol–water partition coefficient (Wildman–Crippen LogP) is 3.94. The summed E-state index contributed by atoms with van der Waals surface area (Å²) in [6, 6.07) is 13.5. The van der Waals surface area contributed by atoms with Gasteiger partial charge in [-0.3, -0.25) is 4.79 Å². The van der Waals surface area contributed by atoms with Gasteiger partial charge in [0.25, 0.3) is 0 Å². The molecule has 0 bridgehead atoms. The molecule has 2 aromatic rings. The molecule has 0 saturated heterocycles. The average Bonchev–Trinajstić information content (AvgIpc) is 2.59. The maximum absolute atomic E-state index is 12.1. The molecule has 1 unspecified atom stereocenters. The monoisotopic (exact) mass is 371 g/mol. The Morgan fingerprint density at radius 2 is 1.81 bits per heavy atom. The van der Waals surface area contributed by atoms with Crippen molar-refractivity contribution in [1.29, 1.82) is 0 Å². The summed E-state index contributed by atoms with van der Waals surface area (Å²) in [5.74, 6) is -1.27. The standard InChI is InChI=1S/C22H29NO4/c1-22(2,3)27-14-13-19(21(25)26)23-20(24)10-6-7-16-11-12-17-8-4-5-9-18(17)15-16/h4-5,8-9,11-12,15,19H,6-7,10,13-14H2,1-3H3,(H,23,24)(H,25,26). The van der Waals surface area contributed by atoms with E-state index in [9.17, 15) is 14.7 Å². The molecule has 5 nitrogen and oxygen atoms in total. The molecular formula is C22H29NO4. The molecular weight excluding hydrogens is 342 g/mol. The van der Waals surface area contributed by atoms with E-state index in [4.69, 9.17) is 4.74 Å². The summed E-state index contributed by atoms with van der Waals surface area (Å²) in [4.78, 5) is 23.4. The van der Waals surface area contributed by atoms with E-state index in [1.165, 1.54) is 16.3 Å². The van der Waals surface area contributed by atoms with Gasteiger partial charge < -0.3 is 15.2 Å². The highest BCUT2D eigenvalue weighted by Crippen LogP contribution is 2.17. The topological polar surface area (TPSA) is 75.6 Å². The highest BCUT2D eigenvalue weighted by Gasteiger charge is 2.21. The first-order valence-electron chi connectivity index (χ1n) is 9.38. The van der Waals surface area contributed by atoms with Gasteiger partial charge in [0.1, 0.15) is 6.04 Å². The molecule has 0 heterocycles. The summed E-state index contributed by atoms with van der Waals surface area (Å²) in [5, 5.41) is 14.3. The minimum atomic E-state index is -1.03. The van der Waals surface area contributed by atoms with E-state index in [1.54, 1.807) is 0 Å². The molecule has 0 aromatic heterocycles. The van der Waals surface area contributed by atoms with Crippen molar-refractivity contribution in [1.82, 2.24) is 5.32 Å². The molecule has 0 aliphatic carbocycles. The third-order valence-corrected chi connectivity index (χ3v) is 4.26. The normalized spacial score (nSPS) is 12.7. The van der Waals surface area contributed by atoms with Crippen LogP contribution in [0.15, 0.2) is 42.5 Å². The molecule has 1 amide bonds. The molecule has 146 valence electrons. The average molecular weight is 371 g/mol. The maximum atomic E-state index is 12.1. The lowest BCUT2D eigenvalue weighted by molar-refractivity contribution is -0.142. The van der Waals surface area contributed by atoms with Gasteiger partial charge in [-0.1, -0.05) is 42.5 Å². The zero-order valence-electron chi connectivity index (χ0n) is 16.3. The number of ether oxygens (including phenoxy) is 1. The molecule has 27 heavy (non-hydrogen) atoms. The van der Waals surface area contributed by atoms with Crippen LogP contribution in [-0.4, -0.2) is 35.2 Å². The summed E-state index contributed by atoms with van der Waals surface area (Å²) < 4.78 is 5.55. The van der Waals surface area contributed by atoms with Gasteiger partial charge in [-0.2, -0.15) is 0 Å². The maximum Gasteiger partial charge on any atom is 0.326 e. The number of hydrogen-bond donors (Lipinski definition) is 2. The number of benzene rings is 2. The third kappa shape index (κ3) is 7.39. The molecule has 1 atom stereocenters. The smallest absolute Gasteiger partial charge is 0.326 e. The number of rotatable bonds is 9. The van der Waals surface area contributed by atoms with Gasteiger partial charge in [-0.05, 0) is 49.9 Å². The van der Waals surface area contributed by atoms with Gasteiger partial charge >= 0.3 is 5.97 Å². The highest BCUT2D eigenvalue weighted by molar-refractivity contribution is 5.84. The summed E-state index contributed by atoms with van der Waals surface area (Å²) in [6.45, 7) is 6.02. The zero-order valence-corrected chi connectivity index (χ0v) is 16.3. The fourth-order valence-electron chi connectivity index (χ4n) is 2.85. The van der Waals surface area contributed by atoms with Crippen molar-refractivity contribution in [2.75, 3.05) is 6.61 Å². The van der Waals surface area contributed by atoms with Gasteiger partial charge in [0, 0.05) is 19.4 Å². The van der Waals surface area contributed by atoms with E-state index in [0.29, 0.717) is 12.8 Å². The van der Waals surface area contributed by atoms with Crippen molar-refractivity contribution in [3.8, 4) is 0 Å². The SMILES string of the molecule is CC(C)(C)OCCC(NC(=O)CCCc1ccc2ccccc2c1)C(=O)O. The molecule has 0 radical (unpaired) electrons. The first-order valence-corrected chi connectivity index (χ1v) is 9.38. The Morgan fingerprint density at radius 3 is 2.48 bits per heavy atom. The van der Waals surface area contributed by atoms with E-state index in [-0.39, 0.29) is 24.5 Å². The first kappa shape index (κ1) is 20.9. The number of amides is 1. The lowest BCUT2D eigenvalue weighted by Crippen LogP contribution is -2.42. The Bertz CT molecular complexity index is 779. The number of carbonyl (C=O) groups excluding carboxylic acids is 1. The van der Waals surface area contributed by atoms with Crippen LogP contribution in [0.3, 0.4) is 0 Å². The molecule has 0 aliphatic rings. The highest BCUT2D eigenvalue weighted by atomic mass is 16.5. The Hall–Kier alpha value is -2.40. The Labute approximate surface area is 160 Å². The molecule has 2 N–H and O–H groups in total. The Kier molecular flexibility index (Phi) is 7.36. The van der Waals surface area contributed by atoms with Gasteiger partial charge in [-0.25, -0.2) is 4.79 Å². The number of carbonyl (C=O) groups is 2. The van der Waals surface area contributed by atoms with Crippen molar-refractivity contribution in [2.45, 2.75) is 58.1 Å². The van der Waals surface area contributed by atoms with Crippen LogP contribution < -0.4 is 5.32 Å². The number of aryl methyl sites for hydroxylation is 1. The molecule has 0 saturated carbocycles. The second kappa shape index (κ2) is 9.51. The van der Waals surface area contributed by atoms with Gasteiger partial charge in [0.2, 0.25) is 5.91 Å². The van der Waals surface area contributed by atoms with Crippen molar-refractivity contribution >= 4 is 22.6 Å². The van der Waals surface area contributed by atoms with Crippen molar-refractivity contribution < 1.29 is 19.4 Å². The number of carboxylic acids is 1. The lowest BCUT2D eigenvalue weighted by atomic mass is 10.0. The van der Waals surface area contributed by atoms with Gasteiger partial charge in [0.05, 0.1) is 5.60 Å². The Balaban J connectivity index is 1.78. The van der Waals surface area contributed by atoms with E-state index in [2.05, 4.69) is 35.6 Å². The summed E-state index contributed by atoms with van der Waals surface area (Å²) in [7, 11) is 0. The molecule has 5 heteroatoms.